The topological polar surface area (TPSA) is 67.4 Å². The molecule has 2 aliphatic heterocycles. The van der Waals surface area contributed by atoms with E-state index in [1.165, 1.54) is 11.1 Å². The minimum Gasteiger partial charge on any atom is -0.381 e. The number of morpholine rings is 1. The van der Waals surface area contributed by atoms with Gasteiger partial charge in [-0.3, -0.25) is 9.89 Å². The van der Waals surface area contributed by atoms with Crippen LogP contribution in [0.5, 0.6) is 0 Å². The Kier molecular flexibility index (Phi) is 12.7. The maximum Gasteiger partial charge on any atom is 0.191 e. The van der Waals surface area contributed by atoms with Crippen LogP contribution in [0, 0.1) is 12.8 Å². The van der Waals surface area contributed by atoms with E-state index in [2.05, 4.69) is 51.7 Å². The quantitative estimate of drug-likeness (QED) is 0.204. The second-order valence-electron chi connectivity index (χ2n) is 8.11. The first-order valence-electron chi connectivity index (χ1n) is 11.2. The van der Waals surface area contributed by atoms with Gasteiger partial charge >= 0.3 is 0 Å². The summed E-state index contributed by atoms with van der Waals surface area (Å²) >= 11 is 0. The van der Waals surface area contributed by atoms with Gasteiger partial charge in [0.15, 0.2) is 5.96 Å². The third-order valence-electron chi connectivity index (χ3n) is 5.77. The summed E-state index contributed by atoms with van der Waals surface area (Å²) in [7, 11) is 1.82. The van der Waals surface area contributed by atoms with Gasteiger partial charge in [0.1, 0.15) is 0 Å². The van der Waals surface area contributed by atoms with Crippen LogP contribution in [-0.2, 0) is 14.2 Å². The van der Waals surface area contributed by atoms with Crippen LogP contribution in [-0.4, -0.2) is 83.7 Å². The van der Waals surface area contributed by atoms with Gasteiger partial charge in [-0.25, -0.2) is 0 Å². The predicted octanol–water partition coefficient (Wildman–Crippen LogP) is 2.59. The second kappa shape index (κ2) is 15.0. The van der Waals surface area contributed by atoms with Crippen molar-refractivity contribution in [1.82, 2.24) is 15.5 Å². The molecular weight excluding hydrogens is 507 g/mol. The third-order valence-corrected chi connectivity index (χ3v) is 5.77. The zero-order valence-electron chi connectivity index (χ0n) is 19.0. The second-order valence-corrected chi connectivity index (χ2v) is 8.11. The summed E-state index contributed by atoms with van der Waals surface area (Å²) in [4.78, 5) is 6.88. The van der Waals surface area contributed by atoms with Crippen molar-refractivity contribution in [2.24, 2.45) is 10.9 Å². The fraction of sp³-hybridized carbons (Fsp3) is 0.696. The molecule has 176 valence electrons. The molecule has 0 aliphatic carbocycles. The molecule has 3 rings (SSSR count). The molecule has 2 heterocycles. The summed E-state index contributed by atoms with van der Waals surface area (Å²) < 4.78 is 16.7. The molecule has 2 unspecified atom stereocenters. The Morgan fingerprint density at radius 2 is 1.94 bits per heavy atom. The lowest BCUT2D eigenvalue weighted by Gasteiger charge is -2.35. The smallest absolute Gasteiger partial charge is 0.191 e. The number of aryl methyl sites for hydroxylation is 1. The van der Waals surface area contributed by atoms with Gasteiger partial charge in [0.25, 0.3) is 0 Å². The lowest BCUT2D eigenvalue weighted by molar-refractivity contribution is 0.0170. The van der Waals surface area contributed by atoms with Gasteiger partial charge in [-0.05, 0) is 25.3 Å². The summed E-state index contributed by atoms with van der Waals surface area (Å²) in [5, 5.41) is 6.92. The molecule has 1 aromatic carbocycles. The van der Waals surface area contributed by atoms with Crippen LogP contribution in [0.15, 0.2) is 29.3 Å². The van der Waals surface area contributed by atoms with E-state index in [1.807, 2.05) is 7.05 Å². The first-order chi connectivity index (χ1) is 14.8. The van der Waals surface area contributed by atoms with Crippen molar-refractivity contribution in [1.29, 1.82) is 0 Å². The highest BCUT2D eigenvalue weighted by Gasteiger charge is 2.23. The molecule has 1 aromatic rings. The normalized spacial score (nSPS) is 20.8. The number of benzene rings is 1. The number of halogens is 1. The molecular formula is C23H39IN4O3. The van der Waals surface area contributed by atoms with Crippen molar-refractivity contribution in [2.45, 2.75) is 25.8 Å². The van der Waals surface area contributed by atoms with Crippen molar-refractivity contribution < 1.29 is 14.2 Å². The van der Waals surface area contributed by atoms with Crippen molar-refractivity contribution >= 4 is 29.9 Å². The number of ether oxygens (including phenoxy) is 3. The Morgan fingerprint density at radius 3 is 2.61 bits per heavy atom. The standard InChI is InChI=1S/C23H38N4O3.HI/c1-19-4-6-21(7-5-19)22(27-10-14-28-15-11-27)16-26-23(24-2)25-9-3-12-29-17-20-8-13-30-18-20;/h4-7,20,22H,3,8-18H2,1-2H3,(H2,24,25,26);1H. The van der Waals surface area contributed by atoms with Gasteiger partial charge in [-0.2, -0.15) is 0 Å². The molecule has 8 heteroatoms. The number of nitrogens with zero attached hydrogens (tertiary/aromatic N) is 2. The number of hydrogen-bond acceptors (Lipinski definition) is 5. The maximum atomic E-state index is 5.78. The molecule has 0 spiro atoms. The molecule has 0 bridgehead atoms. The van der Waals surface area contributed by atoms with Crippen molar-refractivity contribution in [3.63, 3.8) is 0 Å². The van der Waals surface area contributed by atoms with E-state index < -0.39 is 0 Å². The largest absolute Gasteiger partial charge is 0.381 e. The Morgan fingerprint density at radius 1 is 1.16 bits per heavy atom. The van der Waals surface area contributed by atoms with Gasteiger partial charge in [0.05, 0.1) is 32.5 Å². The van der Waals surface area contributed by atoms with Crippen molar-refractivity contribution in [3.05, 3.63) is 35.4 Å². The number of aliphatic imine (C=N–C) groups is 1. The van der Waals surface area contributed by atoms with Crippen LogP contribution in [0.2, 0.25) is 0 Å². The zero-order valence-corrected chi connectivity index (χ0v) is 21.3. The van der Waals surface area contributed by atoms with Crippen LogP contribution in [0.1, 0.15) is 30.0 Å². The first-order valence-corrected chi connectivity index (χ1v) is 11.2. The first kappa shape index (κ1) is 26.3. The highest BCUT2D eigenvalue weighted by molar-refractivity contribution is 14.0. The van der Waals surface area contributed by atoms with E-state index >= 15 is 0 Å². The van der Waals surface area contributed by atoms with E-state index in [9.17, 15) is 0 Å². The van der Waals surface area contributed by atoms with Crippen molar-refractivity contribution in [3.8, 4) is 0 Å². The zero-order chi connectivity index (χ0) is 21.0. The average Bonchev–Trinajstić information content (AvgIpc) is 3.30. The molecule has 2 N–H and O–H groups in total. The fourth-order valence-corrected chi connectivity index (χ4v) is 3.90. The SMILES string of the molecule is CN=C(NCCCOCC1CCOC1)NCC(c1ccc(C)cc1)N1CCOCC1.I. The average molecular weight is 546 g/mol. The Bertz CT molecular complexity index is 632. The summed E-state index contributed by atoms with van der Waals surface area (Å²) in [6, 6.07) is 9.14. The van der Waals surface area contributed by atoms with Gasteiger partial charge < -0.3 is 24.8 Å². The van der Waals surface area contributed by atoms with Gasteiger partial charge in [-0.15, -0.1) is 24.0 Å². The molecule has 2 saturated heterocycles. The third kappa shape index (κ3) is 9.21. The molecule has 2 atom stereocenters. The minimum absolute atomic E-state index is 0. The van der Waals surface area contributed by atoms with E-state index in [4.69, 9.17) is 14.2 Å². The van der Waals surface area contributed by atoms with E-state index in [0.29, 0.717) is 12.0 Å². The summed E-state index contributed by atoms with van der Waals surface area (Å²) in [5.41, 5.74) is 2.61. The highest BCUT2D eigenvalue weighted by Crippen LogP contribution is 2.21. The van der Waals surface area contributed by atoms with Crippen molar-refractivity contribution in [2.75, 3.05) is 72.9 Å². The number of rotatable bonds is 10. The maximum absolute atomic E-state index is 5.78. The van der Waals surface area contributed by atoms with Crippen LogP contribution >= 0.6 is 24.0 Å². The van der Waals surface area contributed by atoms with Crippen LogP contribution in [0.4, 0.5) is 0 Å². The van der Waals surface area contributed by atoms with Gasteiger partial charge in [0, 0.05) is 52.4 Å². The summed E-state index contributed by atoms with van der Waals surface area (Å²) in [5.74, 6) is 1.41. The van der Waals surface area contributed by atoms with Gasteiger partial charge in [0.2, 0.25) is 0 Å². The van der Waals surface area contributed by atoms with Crippen LogP contribution in [0.25, 0.3) is 0 Å². The van der Waals surface area contributed by atoms with Crippen LogP contribution < -0.4 is 10.6 Å². The number of guanidine groups is 1. The molecule has 2 fully saturated rings. The molecule has 0 aromatic heterocycles. The highest BCUT2D eigenvalue weighted by atomic mass is 127. The molecule has 0 saturated carbocycles. The lowest BCUT2D eigenvalue weighted by Crippen LogP contribution is -2.46. The van der Waals surface area contributed by atoms with E-state index in [1.54, 1.807) is 0 Å². The molecule has 31 heavy (non-hydrogen) atoms. The molecule has 2 aliphatic rings. The Labute approximate surface area is 204 Å². The fourth-order valence-electron chi connectivity index (χ4n) is 3.90. The van der Waals surface area contributed by atoms with Crippen LogP contribution in [0.3, 0.4) is 0 Å². The monoisotopic (exact) mass is 546 g/mol. The molecule has 7 nitrogen and oxygen atoms in total. The molecule has 0 radical (unpaired) electrons. The Balaban J connectivity index is 0.00000341. The number of hydrogen-bond donors (Lipinski definition) is 2. The minimum atomic E-state index is 0. The van der Waals surface area contributed by atoms with E-state index in [-0.39, 0.29) is 24.0 Å². The predicted molar refractivity (Wildman–Crippen MR) is 135 cm³/mol. The Hall–Kier alpha value is -0.940. The number of nitrogens with one attached hydrogen (secondary N) is 2. The summed E-state index contributed by atoms with van der Waals surface area (Å²) in [6.45, 7) is 10.6. The molecule has 0 amide bonds. The lowest BCUT2D eigenvalue weighted by atomic mass is 10.0. The van der Waals surface area contributed by atoms with E-state index in [0.717, 1.165) is 84.6 Å². The summed E-state index contributed by atoms with van der Waals surface area (Å²) in [6.07, 6.45) is 2.08. The van der Waals surface area contributed by atoms with Gasteiger partial charge in [-0.1, -0.05) is 29.8 Å².